The average molecular weight is 511 g/mol. The van der Waals surface area contributed by atoms with Crippen molar-refractivity contribution >= 4 is 27.5 Å². The largest absolute Gasteiger partial charge is 0.490 e. The minimum atomic E-state index is -10.1. The number of amidine groups is 1. The third-order valence-electron chi connectivity index (χ3n) is 5.18. The summed E-state index contributed by atoms with van der Waals surface area (Å²) in [6.45, 7) is 4.22. The zero-order chi connectivity index (χ0) is 25.7. The summed E-state index contributed by atoms with van der Waals surface area (Å²) >= 11 is 0. The first-order chi connectivity index (χ1) is 15.5. The van der Waals surface area contributed by atoms with Crippen LogP contribution in [0.3, 0.4) is 0 Å². The third-order valence-corrected chi connectivity index (χ3v) is 6.36. The zero-order valence-corrected chi connectivity index (χ0v) is 19.3. The number of hydrogen-bond acceptors (Lipinski definition) is 5. The fraction of sp³-hybridized carbons (Fsp3) is 0.333. The van der Waals surface area contributed by atoms with Crippen LogP contribution in [0.1, 0.15) is 40.9 Å². The molecule has 13 heteroatoms. The van der Waals surface area contributed by atoms with Gasteiger partial charge in [-0.3, -0.25) is 10.2 Å². The lowest BCUT2D eigenvalue weighted by atomic mass is 10.0. The van der Waals surface area contributed by atoms with Crippen molar-refractivity contribution in [1.29, 1.82) is 5.41 Å². The van der Waals surface area contributed by atoms with E-state index in [1.54, 1.807) is 13.8 Å². The van der Waals surface area contributed by atoms with Crippen LogP contribution in [0.5, 0.6) is 11.5 Å². The van der Waals surface area contributed by atoms with Gasteiger partial charge in [-0.15, -0.1) is 0 Å². The van der Waals surface area contributed by atoms with Gasteiger partial charge in [-0.1, -0.05) is 19.4 Å². The molecular formula is C21H23F6N3O3S. The highest BCUT2D eigenvalue weighted by Gasteiger charge is 2.66. The number of benzene rings is 2. The van der Waals surface area contributed by atoms with Crippen LogP contribution in [0.25, 0.3) is 0 Å². The van der Waals surface area contributed by atoms with Gasteiger partial charge in [0.1, 0.15) is 10.7 Å². The fourth-order valence-electron chi connectivity index (χ4n) is 3.75. The van der Waals surface area contributed by atoms with Gasteiger partial charge in [0.2, 0.25) is 0 Å². The Kier molecular flexibility index (Phi) is 5.80. The number of hydrogen-bond donors (Lipinski definition) is 2. The molecule has 0 radical (unpaired) electrons. The van der Waals surface area contributed by atoms with Gasteiger partial charge in [0.05, 0.1) is 31.0 Å². The molecule has 2 aromatic carbocycles. The maximum absolute atomic E-state index is 15.1. The predicted molar refractivity (Wildman–Crippen MR) is 117 cm³/mol. The Balaban J connectivity index is 1.92. The number of carbonyl (C=O) groups excluding carboxylic acids is 1. The molecule has 0 aromatic heterocycles. The smallest absolute Gasteiger partial charge is 0.312 e. The van der Waals surface area contributed by atoms with Crippen LogP contribution < -0.4 is 15.2 Å². The van der Waals surface area contributed by atoms with Crippen molar-refractivity contribution in [3.05, 3.63) is 46.3 Å². The van der Waals surface area contributed by atoms with Crippen molar-refractivity contribution in [1.82, 2.24) is 4.90 Å². The van der Waals surface area contributed by atoms with E-state index in [4.69, 9.17) is 20.6 Å². The molecule has 3 N–H and O–H groups in total. The Morgan fingerprint density at radius 3 is 2.29 bits per heavy atom. The molecule has 1 aliphatic rings. The van der Waals surface area contributed by atoms with E-state index in [9.17, 15) is 24.2 Å². The molecule has 0 saturated carbocycles. The number of Topliss-reactive ketones (excluding diaryl/α,β-unsaturated/α-hetero) is 1. The molecule has 0 bridgehead atoms. The van der Waals surface area contributed by atoms with Crippen LogP contribution in [-0.4, -0.2) is 36.3 Å². The van der Waals surface area contributed by atoms with Crippen molar-refractivity contribution in [3.8, 4) is 11.5 Å². The monoisotopic (exact) mass is 511 g/mol. The normalized spacial score (nSPS) is 15.6. The highest BCUT2D eigenvalue weighted by Crippen LogP contribution is 3.02. The van der Waals surface area contributed by atoms with Gasteiger partial charge >= 0.3 is 10.2 Å². The lowest BCUT2D eigenvalue weighted by Gasteiger charge is -2.41. The molecule has 0 amide bonds. The summed E-state index contributed by atoms with van der Waals surface area (Å²) in [6, 6.07) is 2.20. The Morgan fingerprint density at radius 1 is 1.12 bits per heavy atom. The minimum absolute atomic E-state index is 0.0542. The maximum atomic E-state index is 15.1. The van der Waals surface area contributed by atoms with Gasteiger partial charge in [-0.2, -0.15) is 0 Å². The quantitative estimate of drug-likeness (QED) is 0.251. The molecule has 1 aliphatic heterocycles. The van der Waals surface area contributed by atoms with Crippen LogP contribution in [0.2, 0.25) is 0 Å². The number of ether oxygens (including phenoxy) is 2. The van der Waals surface area contributed by atoms with Gasteiger partial charge in [-0.05, 0) is 50.1 Å². The Labute approximate surface area is 191 Å². The topological polar surface area (TPSA) is 88.6 Å². The third kappa shape index (κ3) is 4.74. The van der Waals surface area contributed by atoms with Gasteiger partial charge in [0.15, 0.2) is 23.1 Å². The van der Waals surface area contributed by atoms with Crippen molar-refractivity contribution in [2.45, 2.75) is 32.2 Å². The molecule has 188 valence electrons. The van der Waals surface area contributed by atoms with Crippen molar-refractivity contribution in [3.63, 3.8) is 0 Å². The summed E-state index contributed by atoms with van der Waals surface area (Å²) in [6.07, 6.45) is 0. The molecule has 34 heavy (non-hydrogen) atoms. The van der Waals surface area contributed by atoms with E-state index in [2.05, 4.69) is 0 Å². The van der Waals surface area contributed by atoms with Gasteiger partial charge in [-0.25, -0.2) is 4.39 Å². The average Bonchev–Trinajstić information content (AvgIpc) is 3.00. The van der Waals surface area contributed by atoms with Crippen LogP contribution in [0.15, 0.2) is 23.1 Å². The van der Waals surface area contributed by atoms with E-state index in [0.717, 1.165) is 6.92 Å². The van der Waals surface area contributed by atoms with Crippen LogP contribution in [0.4, 0.5) is 29.5 Å². The number of carbonyl (C=O) groups is 1. The van der Waals surface area contributed by atoms with Crippen LogP contribution in [-0.2, 0) is 6.54 Å². The highest BCUT2D eigenvalue weighted by molar-refractivity contribution is 8.45. The van der Waals surface area contributed by atoms with E-state index in [-0.39, 0.29) is 59.8 Å². The minimum Gasteiger partial charge on any atom is -0.490 e. The lowest BCUT2D eigenvalue weighted by Crippen LogP contribution is -2.31. The number of nitrogens with two attached hydrogens (primary N) is 1. The fourth-order valence-corrected chi connectivity index (χ4v) is 4.65. The molecule has 2 aromatic rings. The lowest BCUT2D eigenvalue weighted by molar-refractivity contribution is 0.0961. The molecule has 3 rings (SSSR count). The maximum Gasteiger partial charge on any atom is 0.312 e. The Hall–Kier alpha value is -3.09. The second kappa shape index (κ2) is 7.72. The summed E-state index contributed by atoms with van der Waals surface area (Å²) in [7, 11) is -10.1. The molecule has 0 atom stereocenters. The van der Waals surface area contributed by atoms with E-state index < -0.39 is 39.0 Å². The molecule has 6 nitrogen and oxygen atoms in total. The van der Waals surface area contributed by atoms with Gasteiger partial charge in [0, 0.05) is 12.1 Å². The Bertz CT molecular complexity index is 1200. The van der Waals surface area contributed by atoms with Gasteiger partial charge < -0.3 is 20.1 Å². The van der Waals surface area contributed by atoms with Crippen molar-refractivity contribution < 1.29 is 38.1 Å². The summed E-state index contributed by atoms with van der Waals surface area (Å²) in [5.41, 5.74) is 3.57. The number of fused-ring (bicyclic) bond motifs is 1. The summed E-state index contributed by atoms with van der Waals surface area (Å²) in [4.78, 5) is 11.8. The summed E-state index contributed by atoms with van der Waals surface area (Å²) in [5.74, 6) is -1.97. The van der Waals surface area contributed by atoms with E-state index in [0.29, 0.717) is 11.6 Å². The standard InChI is InChI=1S/C21H23F6N3O3S/c1-4-32-16-7-12-9-30(21(29)18(12)19(22)20(16)33-5-2)10-15(31)13-8-14(28)17(6-11(13)3)34(23,24,25,26)27/h6-8,29H,4-5,9-10,28H2,1-3H3. The Morgan fingerprint density at radius 2 is 1.74 bits per heavy atom. The second-order valence-electron chi connectivity index (χ2n) is 7.72. The van der Waals surface area contributed by atoms with Crippen molar-refractivity contribution in [2.24, 2.45) is 0 Å². The van der Waals surface area contributed by atoms with Crippen LogP contribution in [0, 0.1) is 18.2 Å². The molecule has 0 saturated heterocycles. The SMILES string of the molecule is CCOc1cc2c(c(F)c1OCC)C(=N)N(CC(=O)c1cc(N)c(S(F)(F)(F)(F)F)cc1C)C2. The summed E-state index contributed by atoms with van der Waals surface area (Å²) in [5, 5.41) is 8.32. The first-order valence-corrected chi connectivity index (χ1v) is 12.1. The molecule has 0 fully saturated rings. The first kappa shape index (κ1) is 25.5. The van der Waals surface area contributed by atoms with Gasteiger partial charge in [0.25, 0.3) is 0 Å². The number of rotatable bonds is 8. The molecular weight excluding hydrogens is 488 g/mol. The molecule has 0 unspecified atom stereocenters. The number of aryl methyl sites for hydroxylation is 1. The van der Waals surface area contributed by atoms with Crippen molar-refractivity contribution in [2.75, 3.05) is 25.5 Å². The van der Waals surface area contributed by atoms with Crippen LogP contribution >= 0.6 is 10.2 Å². The summed E-state index contributed by atoms with van der Waals surface area (Å²) < 4.78 is 91.9. The molecule has 0 spiro atoms. The number of nitrogens with zero attached hydrogens (tertiary/aromatic N) is 1. The highest BCUT2D eigenvalue weighted by atomic mass is 32.5. The number of ketones is 1. The van der Waals surface area contributed by atoms with E-state index in [1.165, 1.54) is 11.0 Å². The predicted octanol–water partition coefficient (Wildman–Crippen LogP) is 6.19. The second-order valence-corrected chi connectivity index (χ2v) is 10.1. The number of nitrogens with one attached hydrogen (secondary N) is 1. The number of halogens is 6. The van der Waals surface area contributed by atoms with E-state index >= 15 is 4.39 Å². The first-order valence-electron chi connectivity index (χ1n) is 10.1. The van der Waals surface area contributed by atoms with E-state index in [1.807, 2.05) is 0 Å². The number of nitrogen functional groups attached to an aromatic ring is 1. The zero-order valence-electron chi connectivity index (χ0n) is 18.5. The molecule has 1 heterocycles. The number of anilines is 1. The molecule has 0 aliphatic carbocycles.